The van der Waals surface area contributed by atoms with Crippen molar-refractivity contribution >= 4 is 23.4 Å². The average Bonchev–Trinajstić information content (AvgIpc) is 3.44. The molecule has 0 aromatic heterocycles. The summed E-state index contributed by atoms with van der Waals surface area (Å²) >= 11 is 0. The van der Waals surface area contributed by atoms with Crippen LogP contribution in [-0.4, -0.2) is 79.8 Å². The topological polar surface area (TPSA) is 132 Å². The summed E-state index contributed by atoms with van der Waals surface area (Å²) in [5.41, 5.74) is -0.158. The van der Waals surface area contributed by atoms with Crippen molar-refractivity contribution in [1.29, 1.82) is 0 Å². The molecule has 5 aliphatic rings. The molecule has 0 radical (unpaired) electrons. The first-order valence-corrected chi connectivity index (χ1v) is 13.5. The molecule has 0 unspecified atom stereocenters. The van der Waals surface area contributed by atoms with Crippen molar-refractivity contribution in [3.63, 3.8) is 0 Å². The summed E-state index contributed by atoms with van der Waals surface area (Å²) in [6.45, 7) is 14.6. The molecule has 3 fully saturated rings. The number of rotatable bonds is 6. The predicted octanol–water partition coefficient (Wildman–Crippen LogP) is 1.57. The number of aliphatic hydroxyl groups is 1. The monoisotopic (exact) mass is 538 g/mol. The number of aliphatic hydroxyl groups excluding tert-OH is 1. The molecule has 0 bridgehead atoms. The minimum Gasteiger partial charge on any atom is -0.390 e. The Morgan fingerprint density at radius 3 is 1.92 bits per heavy atom. The van der Waals surface area contributed by atoms with Gasteiger partial charge in [0.2, 0.25) is 11.8 Å². The summed E-state index contributed by atoms with van der Waals surface area (Å²) < 4.78 is 5.83. The van der Waals surface area contributed by atoms with Crippen LogP contribution >= 0.6 is 0 Å². The van der Waals surface area contributed by atoms with E-state index in [-0.39, 0.29) is 59.3 Å². The molecule has 7 atom stereocenters. The molecule has 210 valence electrons. The fourth-order valence-electron chi connectivity index (χ4n) is 7.04. The number of allylic oxidation sites excluding steroid dienone is 2. The lowest BCUT2D eigenvalue weighted by molar-refractivity contribution is -0.126. The van der Waals surface area contributed by atoms with Gasteiger partial charge < -0.3 is 30.3 Å². The third kappa shape index (κ3) is 3.82. The zero-order chi connectivity index (χ0) is 28.8. The molecule has 5 rings (SSSR count). The van der Waals surface area contributed by atoms with E-state index in [1.807, 2.05) is 39.5 Å². The number of ether oxygens (including phenoxy) is 1. The summed E-state index contributed by atoms with van der Waals surface area (Å²) in [5, 5.41) is 16.8. The first-order valence-electron chi connectivity index (χ1n) is 13.5. The van der Waals surface area contributed by atoms with Crippen molar-refractivity contribution in [3.8, 4) is 0 Å². The highest BCUT2D eigenvalue weighted by Crippen LogP contribution is 2.55. The fourth-order valence-corrected chi connectivity index (χ4v) is 7.04. The molecule has 3 saturated heterocycles. The smallest absolute Gasteiger partial charge is 0.249 e. The molecule has 3 N–H and O–H groups in total. The molecular weight excluding hydrogens is 500 g/mol. The molecule has 0 aliphatic carbocycles. The van der Waals surface area contributed by atoms with Gasteiger partial charge in [-0.05, 0) is 61.8 Å². The Labute approximate surface area is 228 Å². The van der Waals surface area contributed by atoms with Crippen LogP contribution in [0.5, 0.6) is 0 Å². The minimum atomic E-state index is -1.27. The van der Waals surface area contributed by atoms with Crippen LogP contribution in [0, 0.1) is 0 Å². The van der Waals surface area contributed by atoms with Crippen molar-refractivity contribution in [2.75, 3.05) is 0 Å². The van der Waals surface area contributed by atoms with Gasteiger partial charge in [-0.15, -0.1) is 0 Å². The second-order valence-electron chi connectivity index (χ2n) is 12.3. The van der Waals surface area contributed by atoms with Gasteiger partial charge in [-0.1, -0.05) is 11.1 Å². The van der Waals surface area contributed by atoms with Crippen molar-refractivity contribution < 1.29 is 29.0 Å². The first kappa shape index (κ1) is 27.3. The van der Waals surface area contributed by atoms with Crippen LogP contribution in [-0.2, 0) is 23.9 Å². The molecule has 39 heavy (non-hydrogen) atoms. The Balaban J connectivity index is 1.63. The number of fused-ring (bicyclic) bond motifs is 4. The number of amides is 2. The van der Waals surface area contributed by atoms with E-state index in [1.54, 1.807) is 25.7 Å². The molecule has 0 aromatic carbocycles. The van der Waals surface area contributed by atoms with Crippen molar-refractivity contribution in [3.05, 3.63) is 46.1 Å². The Morgan fingerprint density at radius 2 is 1.41 bits per heavy atom. The molecule has 10 nitrogen and oxygen atoms in total. The van der Waals surface area contributed by atoms with E-state index in [0.717, 1.165) is 11.1 Å². The molecule has 0 spiro atoms. The van der Waals surface area contributed by atoms with Gasteiger partial charge in [-0.3, -0.25) is 19.2 Å². The summed E-state index contributed by atoms with van der Waals surface area (Å²) in [7, 11) is 0. The summed E-state index contributed by atoms with van der Waals surface area (Å²) in [4.78, 5) is 57.6. The number of epoxide rings is 1. The molecule has 0 aromatic rings. The summed E-state index contributed by atoms with van der Waals surface area (Å²) in [6.07, 6.45) is 1.81. The minimum absolute atomic E-state index is 0.103. The molecule has 10 heteroatoms. The number of hydrogen-bond donors (Lipinski definition) is 3. The van der Waals surface area contributed by atoms with Crippen LogP contribution in [0.3, 0.4) is 0 Å². The fraction of sp³-hybridized carbons (Fsp3) is 0.586. The van der Waals surface area contributed by atoms with Crippen LogP contribution in [0.4, 0.5) is 0 Å². The highest BCUT2D eigenvalue weighted by atomic mass is 16.6. The number of carbonyl (C=O) groups excluding carboxylic acids is 4. The van der Waals surface area contributed by atoms with E-state index in [2.05, 4.69) is 10.6 Å². The quantitative estimate of drug-likeness (QED) is 0.343. The highest BCUT2D eigenvalue weighted by molar-refractivity contribution is 6.12. The molecule has 0 saturated carbocycles. The lowest BCUT2D eigenvalue weighted by Gasteiger charge is -2.35. The van der Waals surface area contributed by atoms with Crippen molar-refractivity contribution in [1.82, 2.24) is 20.4 Å². The van der Waals surface area contributed by atoms with Gasteiger partial charge in [-0.25, -0.2) is 0 Å². The maximum Gasteiger partial charge on any atom is 0.249 e. The van der Waals surface area contributed by atoms with Gasteiger partial charge in [0.05, 0.1) is 12.1 Å². The highest BCUT2D eigenvalue weighted by Gasteiger charge is 2.73. The SMILES string of the molecule is CC(C)=CC(=O)NC1=C(CC2=C(NC(=O)C=C(C)C)N3[C@@H](C)[C@H]4O[C@H]4[C@@]3(C)C2=O)C(=O)[C@]2(C)[C@H](O)C[C@H](C)N12. The second kappa shape index (κ2) is 8.89. The van der Waals surface area contributed by atoms with Crippen LogP contribution in [0.25, 0.3) is 0 Å². The normalized spacial score (nSPS) is 36.2. The van der Waals surface area contributed by atoms with E-state index in [9.17, 15) is 24.3 Å². The number of carbonyl (C=O) groups is 4. The lowest BCUT2D eigenvalue weighted by Crippen LogP contribution is -2.52. The van der Waals surface area contributed by atoms with Crippen LogP contribution in [0.1, 0.15) is 68.2 Å². The van der Waals surface area contributed by atoms with Gasteiger partial charge in [0.15, 0.2) is 11.6 Å². The van der Waals surface area contributed by atoms with E-state index in [4.69, 9.17) is 4.74 Å². The largest absolute Gasteiger partial charge is 0.390 e. The Kier molecular flexibility index (Phi) is 6.23. The van der Waals surface area contributed by atoms with E-state index in [1.165, 1.54) is 12.2 Å². The maximum absolute atomic E-state index is 14.1. The predicted molar refractivity (Wildman–Crippen MR) is 143 cm³/mol. The molecule has 5 aliphatic heterocycles. The molecule has 2 amide bonds. The third-order valence-electron chi connectivity index (χ3n) is 8.81. The van der Waals surface area contributed by atoms with Gasteiger partial charge in [-0.2, -0.15) is 0 Å². The van der Waals surface area contributed by atoms with E-state index < -0.39 is 23.1 Å². The standard InChI is InChI=1S/C29H38N4O6/c1-13(2)9-20(35)30-26-17(23(37)28(7)19(34)11-15(5)32(26)28)12-18-24(38)29(8)25-22(39-25)16(6)33(29)27(18)31-21(36)10-14(3)4/h9-10,15-16,19,22,25,34H,11-12H2,1-8H3,(H,30,35)(H,31,36)/t15-,16-,19+,22+,25+,28-,29+/m0/s1. The first-order chi connectivity index (χ1) is 18.1. The molecule has 5 heterocycles. The van der Waals surface area contributed by atoms with Crippen molar-refractivity contribution in [2.24, 2.45) is 0 Å². The Hall–Kier alpha value is -3.24. The zero-order valence-electron chi connectivity index (χ0n) is 23.8. The van der Waals surface area contributed by atoms with Crippen LogP contribution < -0.4 is 10.6 Å². The number of nitrogens with one attached hydrogen (secondary N) is 2. The zero-order valence-corrected chi connectivity index (χ0v) is 23.8. The number of morpholine rings is 1. The third-order valence-corrected chi connectivity index (χ3v) is 8.81. The number of nitrogens with zero attached hydrogens (tertiary/aromatic N) is 2. The average molecular weight is 539 g/mol. The molecular formula is C29H38N4O6. The van der Waals surface area contributed by atoms with E-state index in [0.29, 0.717) is 18.1 Å². The lowest BCUT2D eigenvalue weighted by atomic mass is 9.85. The van der Waals surface area contributed by atoms with Gasteiger partial charge in [0, 0.05) is 35.8 Å². The number of Topliss-reactive ketones (excluding diaryl/α,β-unsaturated/α-hetero) is 2. The second-order valence-corrected chi connectivity index (χ2v) is 12.3. The van der Waals surface area contributed by atoms with Gasteiger partial charge >= 0.3 is 0 Å². The van der Waals surface area contributed by atoms with E-state index >= 15 is 0 Å². The summed E-state index contributed by atoms with van der Waals surface area (Å²) in [5.74, 6) is -0.647. The van der Waals surface area contributed by atoms with Crippen LogP contribution in [0.2, 0.25) is 0 Å². The number of hydrogen-bond acceptors (Lipinski definition) is 8. The van der Waals surface area contributed by atoms with Gasteiger partial charge in [0.25, 0.3) is 0 Å². The maximum atomic E-state index is 14.1. The van der Waals surface area contributed by atoms with Crippen LogP contribution in [0.15, 0.2) is 46.1 Å². The number of ketones is 2. The Morgan fingerprint density at radius 1 is 0.923 bits per heavy atom. The summed E-state index contributed by atoms with van der Waals surface area (Å²) in [6, 6.07) is -0.379. The van der Waals surface area contributed by atoms with Crippen molar-refractivity contribution in [2.45, 2.75) is 110 Å². The Bertz CT molecular complexity index is 1240. The van der Waals surface area contributed by atoms with Gasteiger partial charge in [0.1, 0.15) is 34.9 Å².